The summed E-state index contributed by atoms with van der Waals surface area (Å²) >= 11 is 0. The van der Waals surface area contributed by atoms with E-state index in [1.165, 1.54) is 62.7 Å². The standard InChI is InChI=1S/C26H40N2O2/c1-21-6-2-3-7-23(21)12-17-27-15-10-22(11-16-27)20-28(25-8-4-5-9-25)26(29)24-13-18-30-19-14-24/h2-3,6-7,22,24-25H,4-5,8-20H2,1H3. The van der Waals surface area contributed by atoms with Crippen molar-refractivity contribution in [2.45, 2.75) is 70.8 Å². The molecule has 2 aliphatic heterocycles. The van der Waals surface area contributed by atoms with Crippen molar-refractivity contribution >= 4 is 5.91 Å². The predicted molar refractivity (Wildman–Crippen MR) is 122 cm³/mol. The number of carbonyl (C=O) groups excluding carboxylic acids is 1. The van der Waals surface area contributed by atoms with Crippen molar-refractivity contribution in [1.29, 1.82) is 0 Å². The number of aryl methyl sites for hydroxylation is 1. The molecule has 0 bridgehead atoms. The molecular weight excluding hydrogens is 372 g/mol. The molecule has 0 spiro atoms. The van der Waals surface area contributed by atoms with E-state index in [2.05, 4.69) is 41.0 Å². The Labute approximate surface area is 183 Å². The average molecular weight is 413 g/mol. The summed E-state index contributed by atoms with van der Waals surface area (Å²) in [6.45, 7) is 8.25. The van der Waals surface area contributed by atoms with Crippen LogP contribution in [0.2, 0.25) is 0 Å². The van der Waals surface area contributed by atoms with Gasteiger partial charge in [0.2, 0.25) is 5.91 Å². The van der Waals surface area contributed by atoms with Crippen LogP contribution in [0.15, 0.2) is 24.3 Å². The minimum Gasteiger partial charge on any atom is -0.381 e. The molecule has 0 aromatic heterocycles. The maximum absolute atomic E-state index is 13.4. The molecule has 1 saturated carbocycles. The lowest BCUT2D eigenvalue weighted by atomic mass is 9.92. The molecule has 1 aliphatic carbocycles. The van der Waals surface area contributed by atoms with E-state index >= 15 is 0 Å². The van der Waals surface area contributed by atoms with E-state index in [-0.39, 0.29) is 5.92 Å². The number of piperidine rings is 1. The van der Waals surface area contributed by atoms with Gasteiger partial charge in [-0.25, -0.2) is 0 Å². The third-order valence-corrected chi connectivity index (χ3v) is 7.74. The highest BCUT2D eigenvalue weighted by atomic mass is 16.5. The van der Waals surface area contributed by atoms with Gasteiger partial charge in [-0.2, -0.15) is 0 Å². The Kier molecular flexibility index (Phi) is 7.83. The summed E-state index contributed by atoms with van der Waals surface area (Å²) in [5.41, 5.74) is 2.89. The average Bonchev–Trinajstić information content (AvgIpc) is 3.32. The molecule has 1 amide bonds. The van der Waals surface area contributed by atoms with Gasteiger partial charge < -0.3 is 14.5 Å². The van der Waals surface area contributed by atoms with E-state index in [9.17, 15) is 4.79 Å². The fraction of sp³-hybridized carbons (Fsp3) is 0.731. The van der Waals surface area contributed by atoms with Crippen LogP contribution in [0.4, 0.5) is 0 Å². The van der Waals surface area contributed by atoms with E-state index in [1.54, 1.807) is 0 Å². The Morgan fingerprint density at radius 3 is 2.43 bits per heavy atom. The van der Waals surface area contributed by atoms with Crippen molar-refractivity contribution in [1.82, 2.24) is 9.80 Å². The summed E-state index contributed by atoms with van der Waals surface area (Å²) in [5, 5.41) is 0. The largest absolute Gasteiger partial charge is 0.381 e. The zero-order chi connectivity index (χ0) is 20.8. The van der Waals surface area contributed by atoms with Crippen LogP contribution in [0.25, 0.3) is 0 Å². The van der Waals surface area contributed by atoms with Crippen LogP contribution < -0.4 is 0 Å². The lowest BCUT2D eigenvalue weighted by molar-refractivity contribution is -0.142. The summed E-state index contributed by atoms with van der Waals surface area (Å²) in [5.74, 6) is 1.31. The first-order valence-corrected chi connectivity index (χ1v) is 12.4. The molecule has 4 rings (SSSR count). The van der Waals surface area contributed by atoms with E-state index < -0.39 is 0 Å². The highest BCUT2D eigenvalue weighted by Crippen LogP contribution is 2.30. The molecule has 0 radical (unpaired) electrons. The van der Waals surface area contributed by atoms with Crippen molar-refractivity contribution in [3.05, 3.63) is 35.4 Å². The second-order valence-electron chi connectivity index (χ2n) is 9.78. The molecule has 0 unspecified atom stereocenters. The molecule has 0 atom stereocenters. The highest BCUT2D eigenvalue weighted by Gasteiger charge is 2.34. The number of hydrogen-bond donors (Lipinski definition) is 0. The van der Waals surface area contributed by atoms with E-state index in [0.29, 0.717) is 17.9 Å². The van der Waals surface area contributed by atoms with Crippen LogP contribution in [-0.2, 0) is 16.0 Å². The number of likely N-dealkylation sites (tertiary alicyclic amines) is 1. The van der Waals surface area contributed by atoms with Crippen molar-refractivity contribution in [3.8, 4) is 0 Å². The SMILES string of the molecule is Cc1ccccc1CCN1CCC(CN(C(=O)C2CCOCC2)C2CCCC2)CC1. The fourth-order valence-electron chi connectivity index (χ4n) is 5.65. The summed E-state index contributed by atoms with van der Waals surface area (Å²) in [6.07, 6.45) is 10.5. The smallest absolute Gasteiger partial charge is 0.226 e. The second kappa shape index (κ2) is 10.8. The van der Waals surface area contributed by atoms with E-state index in [4.69, 9.17) is 4.74 Å². The number of ether oxygens (including phenoxy) is 1. The Morgan fingerprint density at radius 2 is 1.73 bits per heavy atom. The minimum absolute atomic E-state index is 0.202. The van der Waals surface area contributed by atoms with Crippen molar-refractivity contribution in [3.63, 3.8) is 0 Å². The molecule has 30 heavy (non-hydrogen) atoms. The second-order valence-corrected chi connectivity index (χ2v) is 9.78. The Balaban J connectivity index is 1.28. The number of hydrogen-bond acceptors (Lipinski definition) is 3. The van der Waals surface area contributed by atoms with Gasteiger partial charge in [0.05, 0.1) is 0 Å². The zero-order valence-corrected chi connectivity index (χ0v) is 18.9. The normalized spacial score (nSPS) is 22.4. The summed E-state index contributed by atoms with van der Waals surface area (Å²) in [6, 6.07) is 9.27. The van der Waals surface area contributed by atoms with E-state index in [0.717, 1.165) is 45.6 Å². The Hall–Kier alpha value is -1.39. The lowest BCUT2D eigenvalue weighted by Crippen LogP contribution is -2.48. The third kappa shape index (κ3) is 5.64. The van der Waals surface area contributed by atoms with Gasteiger partial charge >= 0.3 is 0 Å². The van der Waals surface area contributed by atoms with Crippen LogP contribution in [0, 0.1) is 18.8 Å². The molecule has 3 fully saturated rings. The molecule has 1 aromatic carbocycles. The quantitative estimate of drug-likeness (QED) is 0.663. The molecule has 1 aromatic rings. The molecule has 4 heteroatoms. The van der Waals surface area contributed by atoms with Crippen LogP contribution >= 0.6 is 0 Å². The first-order chi connectivity index (χ1) is 14.7. The fourth-order valence-corrected chi connectivity index (χ4v) is 5.65. The lowest BCUT2D eigenvalue weighted by Gasteiger charge is -2.39. The van der Waals surface area contributed by atoms with Gasteiger partial charge in [-0.3, -0.25) is 4.79 Å². The van der Waals surface area contributed by atoms with Gasteiger partial charge in [0.15, 0.2) is 0 Å². The third-order valence-electron chi connectivity index (χ3n) is 7.74. The Bertz CT molecular complexity index is 671. The maximum Gasteiger partial charge on any atom is 0.226 e. The van der Waals surface area contributed by atoms with Crippen LogP contribution in [0.3, 0.4) is 0 Å². The number of amides is 1. The number of rotatable bonds is 7. The zero-order valence-electron chi connectivity index (χ0n) is 18.9. The van der Waals surface area contributed by atoms with Crippen molar-refractivity contribution in [2.75, 3.05) is 39.4 Å². The predicted octanol–water partition coefficient (Wildman–Crippen LogP) is 4.45. The number of carbonyl (C=O) groups is 1. The maximum atomic E-state index is 13.4. The van der Waals surface area contributed by atoms with Gasteiger partial charge in [-0.1, -0.05) is 37.1 Å². The van der Waals surface area contributed by atoms with Crippen LogP contribution in [-0.4, -0.2) is 61.1 Å². The number of nitrogens with zero attached hydrogens (tertiary/aromatic N) is 2. The highest BCUT2D eigenvalue weighted by molar-refractivity contribution is 5.79. The van der Waals surface area contributed by atoms with Crippen LogP contribution in [0.5, 0.6) is 0 Å². The monoisotopic (exact) mass is 412 g/mol. The first kappa shape index (κ1) is 21.8. The van der Waals surface area contributed by atoms with Gasteiger partial charge in [-0.05, 0) is 82.0 Å². The van der Waals surface area contributed by atoms with Gasteiger partial charge in [0.1, 0.15) is 0 Å². The van der Waals surface area contributed by atoms with Gasteiger partial charge in [0, 0.05) is 38.3 Å². The summed E-state index contributed by atoms with van der Waals surface area (Å²) < 4.78 is 5.50. The molecule has 2 saturated heterocycles. The van der Waals surface area contributed by atoms with Crippen molar-refractivity contribution in [2.24, 2.45) is 11.8 Å². The van der Waals surface area contributed by atoms with Crippen LogP contribution in [0.1, 0.15) is 62.5 Å². The summed E-state index contributed by atoms with van der Waals surface area (Å²) in [4.78, 5) is 18.3. The molecule has 166 valence electrons. The molecule has 4 nitrogen and oxygen atoms in total. The minimum atomic E-state index is 0.202. The molecule has 0 N–H and O–H groups in total. The molecule has 3 aliphatic rings. The topological polar surface area (TPSA) is 32.8 Å². The molecular formula is C26H40N2O2. The summed E-state index contributed by atoms with van der Waals surface area (Å²) in [7, 11) is 0. The van der Waals surface area contributed by atoms with Gasteiger partial charge in [0.25, 0.3) is 0 Å². The van der Waals surface area contributed by atoms with E-state index in [1.807, 2.05) is 0 Å². The number of benzene rings is 1. The Morgan fingerprint density at radius 1 is 1.03 bits per heavy atom. The van der Waals surface area contributed by atoms with Gasteiger partial charge in [-0.15, -0.1) is 0 Å². The van der Waals surface area contributed by atoms with Crippen molar-refractivity contribution < 1.29 is 9.53 Å². The first-order valence-electron chi connectivity index (χ1n) is 12.4. The molecule has 2 heterocycles.